The van der Waals surface area contributed by atoms with Gasteiger partial charge in [0.25, 0.3) is 0 Å². The van der Waals surface area contributed by atoms with Crippen LogP contribution in [-0.4, -0.2) is 13.1 Å². The van der Waals surface area contributed by atoms with Crippen molar-refractivity contribution in [2.45, 2.75) is 6.92 Å². The fourth-order valence-corrected chi connectivity index (χ4v) is 0. The zero-order chi connectivity index (χ0) is 4.99. The first-order valence-electron chi connectivity index (χ1n) is 1.90. The summed E-state index contributed by atoms with van der Waals surface area (Å²) in [4.78, 5) is 9.70. The second-order valence-electron chi connectivity index (χ2n) is 0.636. The van der Waals surface area contributed by atoms with Gasteiger partial charge in [-0.05, 0) is 0 Å². The number of hydrogen-bond acceptors (Lipinski definition) is 2. The minimum atomic E-state index is -0.398. The van der Waals surface area contributed by atoms with E-state index in [4.69, 9.17) is 1.37 Å². The summed E-state index contributed by atoms with van der Waals surface area (Å²) in [5, 5.41) is 0. The molecule has 0 amide bonds. The highest BCUT2D eigenvalue weighted by atomic mass is 16.5. The monoisotopic (exact) mass is 75.0 g/mol. The summed E-state index contributed by atoms with van der Waals surface area (Å²) >= 11 is 0. The predicted molar refractivity (Wildman–Crippen MR) is 17.7 cm³/mol. The summed E-state index contributed by atoms with van der Waals surface area (Å²) in [6.45, 7) is 1.27. The maximum absolute atomic E-state index is 9.70. The van der Waals surface area contributed by atoms with E-state index in [-0.39, 0.29) is 7.09 Å². The largest absolute Gasteiger partial charge is 0.469 e. The molecule has 0 aliphatic carbocycles. The zero-order valence-corrected chi connectivity index (χ0v) is 3.02. The minimum Gasteiger partial charge on any atom is -0.469 e. The number of methoxy groups -OCH3 is 1. The molecule has 0 N–H and O–H groups in total. The maximum atomic E-state index is 9.70. The third kappa shape index (κ3) is 3.47. The summed E-state index contributed by atoms with van der Waals surface area (Å²) in [5.74, 6) is -0.398. The molecule has 0 fully saturated rings. The Hall–Kier alpha value is -0.530. The molecule has 0 bridgehead atoms. The lowest BCUT2D eigenvalue weighted by Crippen LogP contribution is -1.88. The van der Waals surface area contributed by atoms with Crippen LogP contribution in [0.4, 0.5) is 0 Å². The molecule has 0 unspecified atom stereocenters. The zero-order valence-electron chi connectivity index (χ0n) is 4.02. The fraction of sp³-hybridized carbons (Fsp3) is 0.667. The highest BCUT2D eigenvalue weighted by Gasteiger charge is 1.75. The molecule has 2 heteroatoms. The molecular formula is C3H6O2. The van der Waals surface area contributed by atoms with E-state index in [0.29, 0.717) is 0 Å². The van der Waals surface area contributed by atoms with Gasteiger partial charge in [-0.1, -0.05) is 0 Å². The average molecular weight is 75.1 g/mol. The van der Waals surface area contributed by atoms with E-state index >= 15 is 0 Å². The molecule has 30 valence electrons. The van der Waals surface area contributed by atoms with Gasteiger partial charge in [0.2, 0.25) is 0 Å². The Labute approximate surface area is 32.1 Å². The van der Waals surface area contributed by atoms with Crippen LogP contribution in [0.3, 0.4) is 0 Å². The molecule has 0 aromatic rings. The molecule has 0 aromatic carbocycles. The number of carbonyl (C=O) groups excluding carboxylic acids is 1. The quantitative estimate of drug-likeness (QED) is 0.384. The second-order valence-corrected chi connectivity index (χ2v) is 0.636. The van der Waals surface area contributed by atoms with Crippen LogP contribution < -0.4 is 0 Å². The van der Waals surface area contributed by atoms with Crippen LogP contribution in [-0.2, 0) is 9.53 Å². The topological polar surface area (TPSA) is 26.3 Å². The Morgan fingerprint density at radius 1 is 2.20 bits per heavy atom. The molecule has 0 spiro atoms. The van der Waals surface area contributed by atoms with Gasteiger partial charge in [0.05, 0.1) is 8.46 Å². The summed E-state index contributed by atoms with van der Waals surface area (Å²) in [5.41, 5.74) is 0. The molecule has 0 radical (unpaired) electrons. The van der Waals surface area contributed by atoms with E-state index in [1.807, 2.05) is 0 Å². The number of carbonyl (C=O) groups is 1. The molecule has 0 aromatic heterocycles. The molecule has 0 atom stereocenters. The third-order valence-electron chi connectivity index (χ3n) is 0.203. The van der Waals surface area contributed by atoms with Crippen LogP contribution in [0.2, 0.25) is 0 Å². The minimum absolute atomic E-state index is 0.269. The lowest BCUT2D eigenvalue weighted by molar-refractivity contribution is -0.137. The van der Waals surface area contributed by atoms with Gasteiger partial charge in [0.15, 0.2) is 0 Å². The van der Waals surface area contributed by atoms with Crippen molar-refractivity contribution < 1.29 is 10.9 Å². The summed E-state index contributed by atoms with van der Waals surface area (Å²) in [6.07, 6.45) is 0. The van der Waals surface area contributed by atoms with E-state index in [2.05, 4.69) is 4.74 Å². The first-order chi connectivity index (χ1) is 2.77. The maximum Gasteiger partial charge on any atom is 0.302 e. The van der Waals surface area contributed by atoms with Crippen LogP contribution in [0.1, 0.15) is 8.29 Å². The molecule has 2 nitrogen and oxygen atoms in total. The van der Waals surface area contributed by atoms with Crippen LogP contribution in [0, 0.1) is 0 Å². The van der Waals surface area contributed by atoms with Gasteiger partial charge < -0.3 is 4.74 Å². The Balaban J connectivity index is 2.83. The van der Waals surface area contributed by atoms with Crippen molar-refractivity contribution >= 4 is 5.97 Å². The molecule has 0 heterocycles. The summed E-state index contributed by atoms with van der Waals surface area (Å²) in [7, 11) is -0.269. The van der Waals surface area contributed by atoms with Crippen molar-refractivity contribution in [1.29, 1.82) is 0 Å². The molecule has 0 saturated carbocycles. The number of rotatable bonds is 0. The van der Waals surface area contributed by atoms with E-state index in [1.165, 1.54) is 6.92 Å². The molecule has 0 rings (SSSR count). The summed E-state index contributed by atoms with van der Waals surface area (Å²) < 4.78 is 10.4. The molecule has 0 aliphatic heterocycles. The van der Waals surface area contributed by atoms with Crippen molar-refractivity contribution in [2.24, 2.45) is 0 Å². The predicted octanol–water partition coefficient (Wildman–Crippen LogP) is 0.179. The van der Waals surface area contributed by atoms with E-state index in [9.17, 15) is 4.79 Å². The van der Waals surface area contributed by atoms with Gasteiger partial charge in [-0.2, -0.15) is 0 Å². The highest BCUT2D eigenvalue weighted by molar-refractivity contribution is 5.65. The van der Waals surface area contributed by atoms with Gasteiger partial charge in [-0.25, -0.2) is 0 Å². The van der Waals surface area contributed by atoms with Crippen LogP contribution >= 0.6 is 0 Å². The SMILES string of the molecule is [2H]COC(C)=O. The Bertz CT molecular complexity index is 52.8. The van der Waals surface area contributed by atoms with E-state index < -0.39 is 5.97 Å². The van der Waals surface area contributed by atoms with Gasteiger partial charge >= 0.3 is 5.97 Å². The van der Waals surface area contributed by atoms with Gasteiger partial charge in [-0.3, -0.25) is 4.79 Å². The lowest BCUT2D eigenvalue weighted by Gasteiger charge is -1.80. The van der Waals surface area contributed by atoms with Crippen molar-refractivity contribution in [3.05, 3.63) is 0 Å². The lowest BCUT2D eigenvalue weighted by atomic mass is 10.8. The normalized spacial score (nSPS) is 9.40. The van der Waals surface area contributed by atoms with Crippen molar-refractivity contribution in [1.82, 2.24) is 0 Å². The standard InChI is InChI=1S/C3H6O2/c1-3(4)5-2/h1-2H3/i2D. The van der Waals surface area contributed by atoms with Gasteiger partial charge in [0.1, 0.15) is 0 Å². The molecule has 0 saturated heterocycles. The Kier molecular flexibility index (Phi) is 0.947. The van der Waals surface area contributed by atoms with Gasteiger partial charge in [-0.15, -0.1) is 0 Å². The smallest absolute Gasteiger partial charge is 0.302 e. The first kappa shape index (κ1) is 2.69. The average Bonchev–Trinajstić information content (AvgIpc) is 1.35. The Morgan fingerprint density at radius 3 is 2.80 bits per heavy atom. The number of esters is 1. The number of hydrogen-bond donors (Lipinski definition) is 0. The van der Waals surface area contributed by atoms with Crippen LogP contribution in [0.5, 0.6) is 0 Å². The van der Waals surface area contributed by atoms with Crippen LogP contribution in [0.25, 0.3) is 0 Å². The van der Waals surface area contributed by atoms with Crippen LogP contribution in [0.15, 0.2) is 0 Å². The Morgan fingerprint density at radius 2 is 2.80 bits per heavy atom. The van der Waals surface area contributed by atoms with Crippen molar-refractivity contribution in [3.8, 4) is 0 Å². The van der Waals surface area contributed by atoms with Crippen molar-refractivity contribution in [3.63, 3.8) is 0 Å². The van der Waals surface area contributed by atoms with Gasteiger partial charge in [0, 0.05) is 6.92 Å². The second kappa shape index (κ2) is 1.76. The summed E-state index contributed by atoms with van der Waals surface area (Å²) in [6, 6.07) is 0. The molecular weight excluding hydrogens is 68.0 g/mol. The van der Waals surface area contributed by atoms with Crippen molar-refractivity contribution in [2.75, 3.05) is 7.09 Å². The first-order valence-corrected chi connectivity index (χ1v) is 1.20. The fourth-order valence-electron chi connectivity index (χ4n) is 0. The molecule has 5 heavy (non-hydrogen) atoms. The van der Waals surface area contributed by atoms with E-state index in [0.717, 1.165) is 0 Å². The van der Waals surface area contributed by atoms with E-state index in [1.54, 1.807) is 0 Å². The highest BCUT2D eigenvalue weighted by Crippen LogP contribution is 1.60. The molecule has 0 aliphatic rings. The number of ether oxygens (including phenoxy) is 1. The third-order valence-corrected chi connectivity index (χ3v) is 0.203.